The van der Waals surface area contributed by atoms with Crippen LogP contribution in [0.2, 0.25) is 0 Å². The zero-order valence-corrected chi connectivity index (χ0v) is 10.2. The molecule has 0 saturated carbocycles. The summed E-state index contributed by atoms with van der Waals surface area (Å²) >= 11 is 0. The van der Waals surface area contributed by atoms with E-state index in [2.05, 4.69) is 26.7 Å². The SMILES string of the molecule is C=Cc1ccc(-c2nc(-c3ccccn3)n[nH]2)cc1. The van der Waals surface area contributed by atoms with Gasteiger partial charge in [0.15, 0.2) is 11.6 Å². The van der Waals surface area contributed by atoms with E-state index in [1.807, 2.05) is 48.5 Å². The molecule has 2 aromatic heterocycles. The van der Waals surface area contributed by atoms with Crippen molar-refractivity contribution < 1.29 is 0 Å². The van der Waals surface area contributed by atoms with Gasteiger partial charge in [0, 0.05) is 11.8 Å². The van der Waals surface area contributed by atoms with Crippen LogP contribution in [0.3, 0.4) is 0 Å². The standard InChI is InChI=1S/C15H12N4/c1-2-11-6-8-12(9-7-11)14-17-15(19-18-14)13-5-3-4-10-16-13/h2-10H,1H2,(H,17,18,19). The van der Waals surface area contributed by atoms with Gasteiger partial charge in [-0.2, -0.15) is 5.10 Å². The highest BCUT2D eigenvalue weighted by Crippen LogP contribution is 2.19. The predicted molar refractivity (Wildman–Crippen MR) is 75.1 cm³/mol. The minimum atomic E-state index is 0.600. The van der Waals surface area contributed by atoms with E-state index in [1.165, 1.54) is 0 Å². The average molecular weight is 248 g/mol. The van der Waals surface area contributed by atoms with Crippen LogP contribution in [0, 0.1) is 0 Å². The fraction of sp³-hybridized carbons (Fsp3) is 0. The first-order valence-corrected chi connectivity index (χ1v) is 5.93. The highest BCUT2D eigenvalue weighted by Gasteiger charge is 2.07. The maximum absolute atomic E-state index is 4.45. The monoisotopic (exact) mass is 248 g/mol. The fourth-order valence-electron chi connectivity index (χ4n) is 1.78. The van der Waals surface area contributed by atoms with E-state index >= 15 is 0 Å². The number of nitrogens with one attached hydrogen (secondary N) is 1. The highest BCUT2D eigenvalue weighted by atomic mass is 15.2. The molecule has 19 heavy (non-hydrogen) atoms. The van der Waals surface area contributed by atoms with Crippen molar-refractivity contribution in [1.82, 2.24) is 20.2 Å². The Morgan fingerprint density at radius 1 is 1.05 bits per heavy atom. The Morgan fingerprint density at radius 2 is 1.89 bits per heavy atom. The van der Waals surface area contributed by atoms with Gasteiger partial charge < -0.3 is 0 Å². The number of hydrogen-bond donors (Lipinski definition) is 1. The molecule has 4 nitrogen and oxygen atoms in total. The van der Waals surface area contributed by atoms with E-state index in [1.54, 1.807) is 6.20 Å². The third kappa shape index (κ3) is 2.28. The van der Waals surface area contributed by atoms with Crippen molar-refractivity contribution in [3.8, 4) is 22.9 Å². The molecule has 92 valence electrons. The Kier molecular flexibility index (Phi) is 2.90. The first-order valence-electron chi connectivity index (χ1n) is 5.93. The van der Waals surface area contributed by atoms with Crippen molar-refractivity contribution in [1.29, 1.82) is 0 Å². The Labute approximate surface area is 110 Å². The Bertz CT molecular complexity index is 684. The summed E-state index contributed by atoms with van der Waals surface area (Å²) in [5.41, 5.74) is 2.82. The lowest BCUT2D eigenvalue weighted by atomic mass is 10.1. The van der Waals surface area contributed by atoms with Gasteiger partial charge in [-0.05, 0) is 17.7 Å². The molecule has 4 heteroatoms. The van der Waals surface area contributed by atoms with E-state index in [0.717, 1.165) is 22.6 Å². The molecule has 3 rings (SSSR count). The number of nitrogens with zero attached hydrogens (tertiary/aromatic N) is 3. The molecule has 0 amide bonds. The third-order valence-electron chi connectivity index (χ3n) is 2.80. The third-order valence-corrected chi connectivity index (χ3v) is 2.80. The van der Waals surface area contributed by atoms with Crippen LogP contribution in [0.5, 0.6) is 0 Å². The van der Waals surface area contributed by atoms with Gasteiger partial charge in [-0.1, -0.05) is 43.0 Å². The second-order valence-corrected chi connectivity index (χ2v) is 4.05. The molecule has 0 spiro atoms. The van der Waals surface area contributed by atoms with Crippen LogP contribution in [-0.4, -0.2) is 20.2 Å². The van der Waals surface area contributed by atoms with Crippen LogP contribution in [-0.2, 0) is 0 Å². The van der Waals surface area contributed by atoms with Crippen LogP contribution >= 0.6 is 0 Å². The molecule has 0 aliphatic carbocycles. The summed E-state index contributed by atoms with van der Waals surface area (Å²) in [4.78, 5) is 8.68. The van der Waals surface area contributed by atoms with Gasteiger partial charge in [0.05, 0.1) is 0 Å². The van der Waals surface area contributed by atoms with Crippen molar-refractivity contribution in [3.63, 3.8) is 0 Å². The van der Waals surface area contributed by atoms with Gasteiger partial charge in [-0.25, -0.2) is 4.98 Å². The van der Waals surface area contributed by atoms with Gasteiger partial charge in [0.1, 0.15) is 5.69 Å². The summed E-state index contributed by atoms with van der Waals surface area (Å²) in [6.45, 7) is 3.73. The van der Waals surface area contributed by atoms with Crippen molar-refractivity contribution >= 4 is 6.08 Å². The molecule has 0 saturated heterocycles. The van der Waals surface area contributed by atoms with Gasteiger partial charge in [-0.3, -0.25) is 10.1 Å². The van der Waals surface area contributed by atoms with E-state index in [9.17, 15) is 0 Å². The molecule has 0 radical (unpaired) electrons. The lowest BCUT2D eigenvalue weighted by Crippen LogP contribution is -1.84. The van der Waals surface area contributed by atoms with E-state index in [4.69, 9.17) is 0 Å². The van der Waals surface area contributed by atoms with Gasteiger partial charge >= 0.3 is 0 Å². The Balaban J connectivity index is 1.94. The molecule has 0 bridgehead atoms. The molecule has 3 aromatic rings. The highest BCUT2D eigenvalue weighted by molar-refractivity contribution is 5.61. The Morgan fingerprint density at radius 3 is 2.58 bits per heavy atom. The molecule has 1 aromatic carbocycles. The number of rotatable bonds is 3. The van der Waals surface area contributed by atoms with Gasteiger partial charge in [0.25, 0.3) is 0 Å². The summed E-state index contributed by atoms with van der Waals surface area (Å²) in [6.07, 6.45) is 3.54. The second-order valence-electron chi connectivity index (χ2n) is 4.05. The molecular weight excluding hydrogens is 236 g/mol. The minimum Gasteiger partial charge on any atom is -0.259 e. The number of benzene rings is 1. The summed E-state index contributed by atoms with van der Waals surface area (Å²) < 4.78 is 0. The molecule has 1 N–H and O–H groups in total. The number of H-pyrrole nitrogens is 1. The number of hydrogen-bond acceptors (Lipinski definition) is 3. The van der Waals surface area contributed by atoms with E-state index in [0.29, 0.717) is 5.82 Å². The zero-order valence-electron chi connectivity index (χ0n) is 10.2. The van der Waals surface area contributed by atoms with Crippen LogP contribution < -0.4 is 0 Å². The smallest absolute Gasteiger partial charge is 0.200 e. The minimum absolute atomic E-state index is 0.600. The molecular formula is C15H12N4. The topological polar surface area (TPSA) is 54.5 Å². The van der Waals surface area contributed by atoms with Crippen LogP contribution in [0.25, 0.3) is 29.0 Å². The van der Waals surface area contributed by atoms with Gasteiger partial charge in [-0.15, -0.1) is 0 Å². The van der Waals surface area contributed by atoms with Crippen molar-refractivity contribution in [2.24, 2.45) is 0 Å². The molecule has 0 atom stereocenters. The second kappa shape index (κ2) is 4.86. The van der Waals surface area contributed by atoms with Crippen molar-refractivity contribution in [2.75, 3.05) is 0 Å². The number of pyridine rings is 1. The molecule has 0 fully saturated rings. The molecule has 2 heterocycles. The van der Waals surface area contributed by atoms with Crippen LogP contribution in [0.4, 0.5) is 0 Å². The summed E-state index contributed by atoms with van der Waals surface area (Å²) in [5.74, 6) is 1.33. The maximum atomic E-state index is 4.45. The largest absolute Gasteiger partial charge is 0.259 e. The van der Waals surface area contributed by atoms with E-state index in [-0.39, 0.29) is 0 Å². The summed E-state index contributed by atoms with van der Waals surface area (Å²) in [7, 11) is 0. The lowest BCUT2D eigenvalue weighted by molar-refractivity contribution is 1.09. The summed E-state index contributed by atoms with van der Waals surface area (Å²) in [6, 6.07) is 13.6. The normalized spacial score (nSPS) is 10.3. The van der Waals surface area contributed by atoms with Crippen molar-refractivity contribution in [2.45, 2.75) is 0 Å². The number of aromatic amines is 1. The van der Waals surface area contributed by atoms with Crippen LogP contribution in [0.1, 0.15) is 5.56 Å². The van der Waals surface area contributed by atoms with Crippen molar-refractivity contribution in [3.05, 3.63) is 60.8 Å². The molecule has 0 aliphatic rings. The quantitative estimate of drug-likeness (QED) is 0.774. The molecule has 0 unspecified atom stereocenters. The van der Waals surface area contributed by atoms with Gasteiger partial charge in [0.2, 0.25) is 0 Å². The number of aromatic nitrogens is 4. The predicted octanol–water partition coefficient (Wildman–Crippen LogP) is 3.18. The molecule has 0 aliphatic heterocycles. The first-order chi connectivity index (χ1) is 9.36. The fourth-order valence-corrected chi connectivity index (χ4v) is 1.78. The first kappa shape index (κ1) is 11.3. The summed E-state index contributed by atoms with van der Waals surface area (Å²) in [5, 5.41) is 7.12. The van der Waals surface area contributed by atoms with Crippen LogP contribution in [0.15, 0.2) is 55.2 Å². The lowest BCUT2D eigenvalue weighted by Gasteiger charge is -1.96. The zero-order chi connectivity index (χ0) is 13.1. The van der Waals surface area contributed by atoms with E-state index < -0.39 is 0 Å². The maximum Gasteiger partial charge on any atom is 0.200 e. The Hall–Kier alpha value is -2.75. The average Bonchev–Trinajstić information content (AvgIpc) is 2.98.